The number of carbonyl (C=O) groups excluding carboxylic acids is 1. The first-order valence-electron chi connectivity index (χ1n) is 6.84. The molecule has 2 amide bonds. The minimum absolute atomic E-state index is 0.0215. The molecule has 2 N–H and O–H groups in total. The predicted molar refractivity (Wildman–Crippen MR) is 71.0 cm³/mol. The van der Waals surface area contributed by atoms with Gasteiger partial charge in [-0.3, -0.25) is 4.79 Å². The molecular formula is C13H24N2O4. The molecule has 0 radical (unpaired) electrons. The zero-order valence-electron chi connectivity index (χ0n) is 11.7. The Balaban J connectivity index is 2.16. The second kappa shape index (κ2) is 7.99. The van der Waals surface area contributed by atoms with Gasteiger partial charge in [0.25, 0.3) is 0 Å². The normalized spacial score (nSPS) is 14.5. The number of hydrogen-bond acceptors (Lipinski definition) is 3. The third kappa shape index (κ3) is 7.00. The topological polar surface area (TPSA) is 78.9 Å². The maximum atomic E-state index is 11.9. The lowest BCUT2D eigenvalue weighted by atomic mass is 10.3. The fraction of sp³-hybridized carbons (Fsp3) is 0.846. The number of carbonyl (C=O) groups is 2. The Labute approximate surface area is 114 Å². The van der Waals surface area contributed by atoms with Crippen LogP contribution in [-0.2, 0) is 9.53 Å². The maximum Gasteiger partial charge on any atom is 0.317 e. The summed E-state index contributed by atoms with van der Waals surface area (Å²) in [6, 6.07) is -0.252. The molecule has 6 nitrogen and oxygen atoms in total. The van der Waals surface area contributed by atoms with Gasteiger partial charge in [0.15, 0.2) is 0 Å². The molecule has 0 aromatic heterocycles. The van der Waals surface area contributed by atoms with Gasteiger partial charge in [0.1, 0.15) is 0 Å². The van der Waals surface area contributed by atoms with Crippen molar-refractivity contribution in [3.05, 3.63) is 0 Å². The van der Waals surface area contributed by atoms with Gasteiger partial charge in [0, 0.05) is 25.7 Å². The first kappa shape index (κ1) is 15.8. The van der Waals surface area contributed by atoms with Gasteiger partial charge in [0.2, 0.25) is 0 Å². The van der Waals surface area contributed by atoms with Crippen LogP contribution < -0.4 is 5.32 Å². The van der Waals surface area contributed by atoms with Gasteiger partial charge in [-0.05, 0) is 32.6 Å². The van der Waals surface area contributed by atoms with Crippen molar-refractivity contribution in [2.24, 2.45) is 5.92 Å². The molecule has 1 saturated carbocycles. The van der Waals surface area contributed by atoms with Crippen LogP contribution in [0, 0.1) is 5.92 Å². The molecule has 0 heterocycles. The number of urea groups is 1. The molecule has 1 fully saturated rings. The molecule has 1 aliphatic rings. The molecule has 1 rings (SSSR count). The average Bonchev–Trinajstić information content (AvgIpc) is 3.11. The van der Waals surface area contributed by atoms with E-state index in [2.05, 4.69) is 5.32 Å². The summed E-state index contributed by atoms with van der Waals surface area (Å²) >= 11 is 0. The zero-order chi connectivity index (χ0) is 14.3. The molecule has 0 atom stereocenters. The molecular weight excluding hydrogens is 248 g/mol. The number of rotatable bonds is 9. The number of aliphatic carboxylic acids is 1. The van der Waals surface area contributed by atoms with Gasteiger partial charge >= 0.3 is 12.0 Å². The van der Waals surface area contributed by atoms with E-state index in [1.165, 1.54) is 17.7 Å². The van der Waals surface area contributed by atoms with Crippen LogP contribution >= 0.6 is 0 Å². The van der Waals surface area contributed by atoms with Crippen molar-refractivity contribution >= 4 is 12.0 Å². The van der Waals surface area contributed by atoms with Crippen LogP contribution in [0.2, 0.25) is 0 Å². The van der Waals surface area contributed by atoms with E-state index in [0.29, 0.717) is 13.2 Å². The Hall–Kier alpha value is -1.30. The van der Waals surface area contributed by atoms with Crippen LogP contribution in [0.25, 0.3) is 0 Å². The molecule has 0 unspecified atom stereocenters. The lowest BCUT2D eigenvalue weighted by molar-refractivity contribution is -0.137. The second-order valence-corrected chi connectivity index (χ2v) is 5.18. The van der Waals surface area contributed by atoms with E-state index in [1.807, 2.05) is 13.8 Å². The number of nitrogens with one attached hydrogen (secondary N) is 1. The Morgan fingerprint density at radius 1 is 1.42 bits per heavy atom. The van der Waals surface area contributed by atoms with Crippen molar-refractivity contribution in [2.75, 3.05) is 26.3 Å². The van der Waals surface area contributed by atoms with Crippen molar-refractivity contribution < 1.29 is 19.4 Å². The van der Waals surface area contributed by atoms with E-state index in [9.17, 15) is 9.59 Å². The van der Waals surface area contributed by atoms with Gasteiger partial charge < -0.3 is 20.1 Å². The minimum Gasteiger partial charge on any atom is -0.481 e. The summed E-state index contributed by atoms with van der Waals surface area (Å²) in [7, 11) is 0. The Morgan fingerprint density at radius 2 is 2.11 bits per heavy atom. The number of hydrogen-bond donors (Lipinski definition) is 2. The summed E-state index contributed by atoms with van der Waals surface area (Å²) in [6.45, 7) is 5.70. The van der Waals surface area contributed by atoms with E-state index in [-0.39, 0.29) is 25.0 Å². The summed E-state index contributed by atoms with van der Waals surface area (Å²) in [4.78, 5) is 23.9. The number of carboxylic acids is 1. The summed E-state index contributed by atoms with van der Waals surface area (Å²) in [6.07, 6.45) is 2.47. The predicted octanol–water partition coefficient (Wildman–Crippen LogP) is 1.31. The van der Waals surface area contributed by atoms with Crippen molar-refractivity contribution in [1.82, 2.24) is 10.2 Å². The van der Waals surface area contributed by atoms with Crippen LogP contribution in [0.15, 0.2) is 0 Å². The van der Waals surface area contributed by atoms with Crippen molar-refractivity contribution in [1.29, 1.82) is 0 Å². The van der Waals surface area contributed by atoms with Crippen molar-refractivity contribution in [3.8, 4) is 0 Å². The minimum atomic E-state index is -0.897. The molecule has 0 spiro atoms. The zero-order valence-corrected chi connectivity index (χ0v) is 11.7. The molecule has 0 aromatic rings. The highest BCUT2D eigenvalue weighted by Crippen LogP contribution is 2.28. The third-order valence-electron chi connectivity index (χ3n) is 3.02. The van der Waals surface area contributed by atoms with E-state index in [4.69, 9.17) is 9.84 Å². The second-order valence-electron chi connectivity index (χ2n) is 5.18. The third-order valence-corrected chi connectivity index (χ3v) is 3.02. The fourth-order valence-corrected chi connectivity index (χ4v) is 1.68. The van der Waals surface area contributed by atoms with Crippen LogP contribution in [0.1, 0.15) is 33.1 Å². The highest BCUT2D eigenvalue weighted by atomic mass is 16.5. The lowest BCUT2D eigenvalue weighted by Crippen LogP contribution is -2.45. The van der Waals surface area contributed by atoms with E-state index in [1.54, 1.807) is 0 Å². The van der Waals surface area contributed by atoms with Gasteiger partial charge in [-0.2, -0.15) is 0 Å². The Morgan fingerprint density at radius 3 is 2.63 bits per heavy atom. The standard InChI is InChI=1S/C13H24N2O4/c1-10(2)15(7-5-12(16)17)13(18)14-6-8-19-9-11-3-4-11/h10-11H,3-9H2,1-2H3,(H,14,18)(H,16,17). The van der Waals surface area contributed by atoms with E-state index >= 15 is 0 Å². The SMILES string of the molecule is CC(C)N(CCC(=O)O)C(=O)NCCOCC1CC1. The Bertz CT molecular complexity index is 303. The first-order valence-corrected chi connectivity index (χ1v) is 6.84. The highest BCUT2D eigenvalue weighted by molar-refractivity contribution is 5.75. The average molecular weight is 272 g/mol. The van der Waals surface area contributed by atoms with Crippen LogP contribution in [-0.4, -0.2) is 54.4 Å². The molecule has 0 aliphatic heterocycles. The molecule has 0 aromatic carbocycles. The van der Waals surface area contributed by atoms with Crippen LogP contribution in [0.3, 0.4) is 0 Å². The quantitative estimate of drug-likeness (QED) is 0.620. The largest absolute Gasteiger partial charge is 0.481 e. The van der Waals surface area contributed by atoms with E-state index < -0.39 is 5.97 Å². The first-order chi connectivity index (χ1) is 9.00. The van der Waals surface area contributed by atoms with Gasteiger partial charge in [0.05, 0.1) is 13.0 Å². The van der Waals surface area contributed by atoms with Crippen molar-refractivity contribution in [3.63, 3.8) is 0 Å². The Kier molecular flexibility index (Phi) is 6.62. The fourth-order valence-electron chi connectivity index (χ4n) is 1.68. The number of carboxylic acid groups (broad SMARTS) is 1. The molecule has 110 valence electrons. The number of nitrogens with zero attached hydrogens (tertiary/aromatic N) is 1. The molecule has 6 heteroatoms. The highest BCUT2D eigenvalue weighted by Gasteiger charge is 2.21. The van der Waals surface area contributed by atoms with Gasteiger partial charge in [-0.25, -0.2) is 4.79 Å². The van der Waals surface area contributed by atoms with Gasteiger partial charge in [-0.15, -0.1) is 0 Å². The smallest absolute Gasteiger partial charge is 0.317 e. The summed E-state index contributed by atoms with van der Waals surface area (Å²) in [5.74, 6) is -0.176. The van der Waals surface area contributed by atoms with Gasteiger partial charge in [-0.1, -0.05) is 0 Å². The van der Waals surface area contributed by atoms with Crippen molar-refractivity contribution in [2.45, 2.75) is 39.2 Å². The summed E-state index contributed by atoms with van der Waals surface area (Å²) < 4.78 is 5.42. The molecule has 0 saturated heterocycles. The van der Waals surface area contributed by atoms with Crippen LogP contribution in [0.5, 0.6) is 0 Å². The monoisotopic (exact) mass is 272 g/mol. The molecule has 1 aliphatic carbocycles. The maximum absolute atomic E-state index is 11.9. The summed E-state index contributed by atoms with van der Waals surface area (Å²) in [5.41, 5.74) is 0. The number of amides is 2. The number of ether oxygens (including phenoxy) is 1. The van der Waals surface area contributed by atoms with E-state index in [0.717, 1.165) is 12.5 Å². The molecule has 19 heavy (non-hydrogen) atoms. The lowest BCUT2D eigenvalue weighted by Gasteiger charge is -2.26. The summed E-state index contributed by atoms with van der Waals surface area (Å²) in [5, 5.41) is 11.4. The van der Waals surface area contributed by atoms with Crippen LogP contribution in [0.4, 0.5) is 4.79 Å². The molecule has 0 bridgehead atoms.